The first kappa shape index (κ1) is 17.7. The molecule has 1 rings (SSSR count). The molecule has 1 heterocycles. The van der Waals surface area contributed by atoms with E-state index in [4.69, 9.17) is 4.98 Å². The molecule has 4 nitrogen and oxygen atoms in total. The average Bonchev–Trinajstić information content (AvgIpc) is 2.52. The van der Waals surface area contributed by atoms with Crippen LogP contribution in [0.3, 0.4) is 0 Å². The molecule has 21 heavy (non-hydrogen) atoms. The maximum absolute atomic E-state index is 4.74. The van der Waals surface area contributed by atoms with E-state index in [-0.39, 0.29) is 0 Å². The van der Waals surface area contributed by atoms with E-state index < -0.39 is 0 Å². The predicted molar refractivity (Wildman–Crippen MR) is 92.2 cm³/mol. The Balaban J connectivity index is 2.91. The summed E-state index contributed by atoms with van der Waals surface area (Å²) in [6.45, 7) is 11.9. The monoisotopic (exact) mass is 292 g/mol. The van der Waals surface area contributed by atoms with Crippen molar-refractivity contribution in [3.05, 3.63) is 11.9 Å². The van der Waals surface area contributed by atoms with Gasteiger partial charge in [-0.1, -0.05) is 40.5 Å². The number of hydrogen-bond donors (Lipinski definition) is 1. The minimum Gasteiger partial charge on any atom is -0.370 e. The first-order valence-electron chi connectivity index (χ1n) is 8.61. The standard InChI is InChI=1S/C17H32N4/c1-5-9-12-21(13-10-6-2)17-14-16(18-11-7-3)19-15(8-4)20-17/h14H,5-13H2,1-4H3,(H,18,19,20). The van der Waals surface area contributed by atoms with Gasteiger partial charge in [-0.25, -0.2) is 9.97 Å². The van der Waals surface area contributed by atoms with Crippen molar-refractivity contribution in [3.63, 3.8) is 0 Å². The summed E-state index contributed by atoms with van der Waals surface area (Å²) in [6, 6.07) is 2.11. The molecule has 1 aromatic heterocycles. The molecule has 0 spiro atoms. The lowest BCUT2D eigenvalue weighted by atomic mass is 10.2. The first-order chi connectivity index (χ1) is 10.2. The van der Waals surface area contributed by atoms with Gasteiger partial charge in [-0.15, -0.1) is 0 Å². The Morgan fingerprint density at radius 1 is 0.952 bits per heavy atom. The van der Waals surface area contributed by atoms with E-state index in [2.05, 4.69) is 49.0 Å². The van der Waals surface area contributed by atoms with Crippen LogP contribution in [0.2, 0.25) is 0 Å². The van der Waals surface area contributed by atoms with Crippen LogP contribution in [0.15, 0.2) is 6.07 Å². The lowest BCUT2D eigenvalue weighted by molar-refractivity contribution is 0.668. The Labute approximate surface area is 130 Å². The van der Waals surface area contributed by atoms with Crippen molar-refractivity contribution in [2.24, 2.45) is 0 Å². The molecular weight excluding hydrogens is 260 g/mol. The van der Waals surface area contributed by atoms with Gasteiger partial charge in [0.2, 0.25) is 0 Å². The summed E-state index contributed by atoms with van der Waals surface area (Å²) < 4.78 is 0. The van der Waals surface area contributed by atoms with Crippen molar-refractivity contribution in [1.29, 1.82) is 0 Å². The fraction of sp³-hybridized carbons (Fsp3) is 0.765. The number of aryl methyl sites for hydroxylation is 1. The van der Waals surface area contributed by atoms with Crippen LogP contribution in [0.1, 0.15) is 65.6 Å². The SMILES string of the molecule is CCCCN(CCCC)c1cc(NCCC)nc(CC)n1. The van der Waals surface area contributed by atoms with Crippen molar-refractivity contribution < 1.29 is 0 Å². The van der Waals surface area contributed by atoms with E-state index in [1.54, 1.807) is 0 Å². The molecule has 0 amide bonds. The number of anilines is 2. The third-order valence-corrected chi connectivity index (χ3v) is 3.52. The van der Waals surface area contributed by atoms with E-state index in [9.17, 15) is 0 Å². The number of rotatable bonds is 11. The van der Waals surface area contributed by atoms with Crippen LogP contribution in [0, 0.1) is 0 Å². The summed E-state index contributed by atoms with van der Waals surface area (Å²) in [5, 5.41) is 3.40. The van der Waals surface area contributed by atoms with Gasteiger partial charge in [0.25, 0.3) is 0 Å². The molecule has 0 aliphatic carbocycles. The molecular formula is C17H32N4. The molecule has 0 aliphatic rings. The Hall–Kier alpha value is -1.32. The molecule has 1 aromatic rings. The van der Waals surface area contributed by atoms with Crippen molar-refractivity contribution in [1.82, 2.24) is 9.97 Å². The van der Waals surface area contributed by atoms with Gasteiger partial charge in [0, 0.05) is 32.1 Å². The number of hydrogen-bond acceptors (Lipinski definition) is 4. The number of nitrogens with zero attached hydrogens (tertiary/aromatic N) is 3. The highest BCUT2D eigenvalue weighted by Gasteiger charge is 2.10. The second kappa shape index (κ2) is 10.4. The van der Waals surface area contributed by atoms with Crippen LogP contribution in [0.5, 0.6) is 0 Å². The minimum absolute atomic E-state index is 0.879. The van der Waals surface area contributed by atoms with Crippen molar-refractivity contribution in [2.75, 3.05) is 29.9 Å². The maximum atomic E-state index is 4.74. The second-order valence-electron chi connectivity index (χ2n) is 5.50. The van der Waals surface area contributed by atoms with Crippen LogP contribution in [0.25, 0.3) is 0 Å². The Morgan fingerprint density at radius 2 is 1.62 bits per heavy atom. The van der Waals surface area contributed by atoms with E-state index in [0.29, 0.717) is 0 Å². The van der Waals surface area contributed by atoms with Crippen molar-refractivity contribution >= 4 is 11.6 Å². The van der Waals surface area contributed by atoms with E-state index in [0.717, 1.165) is 49.9 Å². The zero-order valence-corrected chi connectivity index (χ0v) is 14.3. The number of aromatic nitrogens is 2. The molecule has 0 unspecified atom stereocenters. The molecule has 0 saturated carbocycles. The fourth-order valence-electron chi connectivity index (χ4n) is 2.19. The Bertz CT molecular complexity index is 384. The van der Waals surface area contributed by atoms with Gasteiger partial charge < -0.3 is 10.2 Å². The summed E-state index contributed by atoms with van der Waals surface area (Å²) in [4.78, 5) is 11.7. The molecule has 0 atom stereocenters. The lowest BCUT2D eigenvalue weighted by Gasteiger charge is -2.24. The molecule has 0 bridgehead atoms. The van der Waals surface area contributed by atoms with Gasteiger partial charge >= 0.3 is 0 Å². The van der Waals surface area contributed by atoms with Crippen LogP contribution < -0.4 is 10.2 Å². The normalized spacial score (nSPS) is 10.7. The Kier molecular flexibility index (Phi) is 8.79. The third kappa shape index (κ3) is 6.32. The highest BCUT2D eigenvalue weighted by Crippen LogP contribution is 2.18. The molecule has 0 aromatic carbocycles. The summed E-state index contributed by atoms with van der Waals surface area (Å²) >= 11 is 0. The van der Waals surface area contributed by atoms with E-state index in [1.165, 1.54) is 25.7 Å². The zero-order chi connectivity index (χ0) is 15.5. The second-order valence-corrected chi connectivity index (χ2v) is 5.50. The van der Waals surface area contributed by atoms with E-state index >= 15 is 0 Å². The third-order valence-electron chi connectivity index (χ3n) is 3.52. The van der Waals surface area contributed by atoms with Gasteiger partial charge in [0.15, 0.2) is 0 Å². The molecule has 0 radical (unpaired) electrons. The first-order valence-corrected chi connectivity index (χ1v) is 8.61. The summed E-state index contributed by atoms with van der Waals surface area (Å²) in [5.41, 5.74) is 0. The topological polar surface area (TPSA) is 41.0 Å². The van der Waals surface area contributed by atoms with Crippen molar-refractivity contribution in [3.8, 4) is 0 Å². The highest BCUT2D eigenvalue weighted by molar-refractivity contribution is 5.49. The smallest absolute Gasteiger partial charge is 0.134 e. The molecule has 1 N–H and O–H groups in total. The van der Waals surface area contributed by atoms with Crippen LogP contribution in [-0.2, 0) is 6.42 Å². The summed E-state index contributed by atoms with van der Waals surface area (Å²) in [6.07, 6.45) is 6.85. The lowest BCUT2D eigenvalue weighted by Crippen LogP contribution is -2.27. The fourth-order valence-corrected chi connectivity index (χ4v) is 2.19. The molecule has 4 heteroatoms. The Morgan fingerprint density at radius 3 is 2.14 bits per heavy atom. The molecule has 0 fully saturated rings. The van der Waals surface area contributed by atoms with Crippen LogP contribution in [-0.4, -0.2) is 29.6 Å². The van der Waals surface area contributed by atoms with Crippen molar-refractivity contribution in [2.45, 2.75) is 66.2 Å². The summed E-state index contributed by atoms with van der Waals surface area (Å²) in [7, 11) is 0. The van der Waals surface area contributed by atoms with Gasteiger partial charge in [-0.2, -0.15) is 0 Å². The maximum Gasteiger partial charge on any atom is 0.134 e. The van der Waals surface area contributed by atoms with Gasteiger partial charge in [0.05, 0.1) is 0 Å². The minimum atomic E-state index is 0.879. The molecule has 0 saturated heterocycles. The highest BCUT2D eigenvalue weighted by atomic mass is 15.2. The zero-order valence-electron chi connectivity index (χ0n) is 14.3. The van der Waals surface area contributed by atoms with Crippen LogP contribution >= 0.6 is 0 Å². The van der Waals surface area contributed by atoms with Gasteiger partial charge in [-0.05, 0) is 19.3 Å². The van der Waals surface area contributed by atoms with Gasteiger partial charge in [0.1, 0.15) is 17.5 Å². The van der Waals surface area contributed by atoms with Crippen LogP contribution in [0.4, 0.5) is 11.6 Å². The quantitative estimate of drug-likeness (QED) is 0.661. The predicted octanol–water partition coefficient (Wildman–Crippen LogP) is 4.27. The molecule has 120 valence electrons. The summed E-state index contributed by atoms with van der Waals surface area (Å²) in [5.74, 6) is 2.99. The number of nitrogens with one attached hydrogen (secondary N) is 1. The average molecular weight is 292 g/mol. The van der Waals surface area contributed by atoms with E-state index in [1.807, 2.05) is 0 Å². The largest absolute Gasteiger partial charge is 0.370 e. The molecule has 0 aliphatic heterocycles. The number of unbranched alkanes of at least 4 members (excludes halogenated alkanes) is 2. The van der Waals surface area contributed by atoms with Gasteiger partial charge in [-0.3, -0.25) is 0 Å².